The summed E-state index contributed by atoms with van der Waals surface area (Å²) in [7, 11) is 0. The van der Waals surface area contributed by atoms with Crippen LogP contribution in [0.4, 0.5) is 10.1 Å². The van der Waals surface area contributed by atoms with Crippen molar-refractivity contribution in [2.45, 2.75) is 26.2 Å². The number of carbonyl (C=O) groups excluding carboxylic acids is 1. The quantitative estimate of drug-likeness (QED) is 0.358. The van der Waals surface area contributed by atoms with Crippen LogP contribution in [0, 0.1) is 21.3 Å². The Morgan fingerprint density at radius 1 is 1.56 bits per heavy atom. The van der Waals surface area contributed by atoms with Crippen molar-refractivity contribution in [2.75, 3.05) is 0 Å². The van der Waals surface area contributed by atoms with E-state index in [1.807, 2.05) is 6.92 Å². The van der Waals surface area contributed by atoms with E-state index >= 15 is 0 Å². The fourth-order valence-corrected chi connectivity index (χ4v) is 1.75. The van der Waals surface area contributed by atoms with E-state index in [-0.39, 0.29) is 11.4 Å². The molecule has 1 fully saturated rings. The molecule has 6 heteroatoms. The largest absolute Gasteiger partial charge is 0.423 e. The molecule has 0 N–H and O–H groups in total. The molecule has 96 valence electrons. The number of benzene rings is 1. The average Bonchev–Trinajstić information content (AvgIpc) is 3.12. The Morgan fingerprint density at radius 2 is 2.22 bits per heavy atom. The molecular formula is C12H12FNO4. The van der Waals surface area contributed by atoms with Gasteiger partial charge in [-0.15, -0.1) is 0 Å². The van der Waals surface area contributed by atoms with Gasteiger partial charge in [0.2, 0.25) is 0 Å². The molecule has 1 aromatic carbocycles. The van der Waals surface area contributed by atoms with Crippen molar-refractivity contribution in [2.24, 2.45) is 5.41 Å². The van der Waals surface area contributed by atoms with Crippen LogP contribution < -0.4 is 4.74 Å². The summed E-state index contributed by atoms with van der Waals surface area (Å²) in [5, 5.41) is 10.4. The molecule has 1 saturated carbocycles. The lowest BCUT2D eigenvalue weighted by atomic mass is 10.1. The summed E-state index contributed by atoms with van der Waals surface area (Å²) in [6.07, 6.45) is 2.15. The van der Waals surface area contributed by atoms with E-state index in [2.05, 4.69) is 0 Å². The molecule has 1 aromatic rings. The lowest BCUT2D eigenvalue weighted by molar-refractivity contribution is -0.385. The van der Waals surface area contributed by atoms with Crippen LogP contribution in [-0.2, 0) is 4.79 Å². The summed E-state index contributed by atoms with van der Waals surface area (Å²) in [6, 6.07) is 2.96. The molecule has 0 bridgehead atoms. The molecular weight excluding hydrogens is 241 g/mol. The molecule has 0 radical (unpaired) electrons. The monoisotopic (exact) mass is 253 g/mol. The number of hydrogen-bond donors (Lipinski definition) is 0. The number of nitro groups is 1. The highest BCUT2D eigenvalue weighted by atomic mass is 19.1. The molecule has 1 aliphatic carbocycles. The highest BCUT2D eigenvalue weighted by molar-refractivity contribution is 5.81. The smallest absolute Gasteiger partial charge is 0.317 e. The van der Waals surface area contributed by atoms with E-state index in [0.717, 1.165) is 31.0 Å². The molecule has 0 aliphatic heterocycles. The van der Waals surface area contributed by atoms with Crippen LogP contribution in [0.5, 0.6) is 5.75 Å². The zero-order valence-corrected chi connectivity index (χ0v) is 9.81. The van der Waals surface area contributed by atoms with Crippen molar-refractivity contribution in [3.63, 3.8) is 0 Å². The minimum absolute atomic E-state index is 0.259. The van der Waals surface area contributed by atoms with Crippen molar-refractivity contribution in [1.29, 1.82) is 0 Å². The van der Waals surface area contributed by atoms with Crippen molar-refractivity contribution in [3.05, 3.63) is 34.1 Å². The second-order valence-corrected chi connectivity index (χ2v) is 4.40. The third kappa shape index (κ3) is 2.18. The number of halogens is 1. The lowest BCUT2D eigenvalue weighted by Gasteiger charge is -2.11. The summed E-state index contributed by atoms with van der Waals surface area (Å²) in [4.78, 5) is 21.5. The maximum absolute atomic E-state index is 13.5. The first-order valence-electron chi connectivity index (χ1n) is 5.65. The first-order chi connectivity index (χ1) is 8.48. The summed E-state index contributed by atoms with van der Waals surface area (Å²) in [5.74, 6) is -1.62. The first kappa shape index (κ1) is 12.5. The number of nitrogens with zero attached hydrogens (tertiary/aromatic N) is 1. The predicted octanol–water partition coefficient (Wildman–Crippen LogP) is 2.83. The van der Waals surface area contributed by atoms with E-state index in [9.17, 15) is 19.3 Å². The predicted molar refractivity (Wildman–Crippen MR) is 60.6 cm³/mol. The third-order valence-electron chi connectivity index (χ3n) is 3.29. The Labute approximate surface area is 103 Å². The molecule has 1 aliphatic rings. The Kier molecular flexibility index (Phi) is 3.02. The third-order valence-corrected chi connectivity index (χ3v) is 3.29. The van der Waals surface area contributed by atoms with Crippen LogP contribution in [0.25, 0.3) is 0 Å². The van der Waals surface area contributed by atoms with E-state index < -0.39 is 22.1 Å². The highest BCUT2D eigenvalue weighted by Gasteiger charge is 2.49. The van der Waals surface area contributed by atoms with E-state index in [4.69, 9.17) is 4.74 Å². The average molecular weight is 253 g/mol. The Morgan fingerprint density at radius 3 is 2.67 bits per heavy atom. The fourth-order valence-electron chi connectivity index (χ4n) is 1.75. The van der Waals surface area contributed by atoms with Gasteiger partial charge in [-0.05, 0) is 25.3 Å². The van der Waals surface area contributed by atoms with E-state index in [1.165, 1.54) is 0 Å². The fraction of sp³-hybridized carbons (Fsp3) is 0.417. The second-order valence-electron chi connectivity index (χ2n) is 4.40. The van der Waals surface area contributed by atoms with E-state index in [1.54, 1.807) is 0 Å². The minimum Gasteiger partial charge on any atom is -0.423 e. The number of nitro benzene ring substituents is 1. The van der Waals surface area contributed by atoms with Gasteiger partial charge < -0.3 is 4.74 Å². The Hall–Kier alpha value is -1.98. The topological polar surface area (TPSA) is 69.4 Å². The second kappa shape index (κ2) is 4.36. The molecule has 0 spiro atoms. The summed E-state index contributed by atoms with van der Waals surface area (Å²) in [6.45, 7) is 1.88. The Bertz CT molecular complexity index is 511. The zero-order valence-electron chi connectivity index (χ0n) is 9.81. The van der Waals surface area contributed by atoms with Gasteiger partial charge in [-0.25, -0.2) is 4.39 Å². The molecule has 0 heterocycles. The van der Waals surface area contributed by atoms with Gasteiger partial charge in [0.15, 0.2) is 11.6 Å². The van der Waals surface area contributed by atoms with Crippen molar-refractivity contribution < 1.29 is 18.8 Å². The standard InChI is InChI=1S/C12H12FNO4/c1-2-12(5-6-12)11(15)18-10-4-3-8(14(16)17)7-9(10)13/h3-4,7H,2,5-6H2,1H3. The zero-order chi connectivity index (χ0) is 13.3. The van der Waals surface area contributed by atoms with Crippen LogP contribution in [0.1, 0.15) is 26.2 Å². The highest BCUT2D eigenvalue weighted by Crippen LogP contribution is 2.49. The number of carbonyl (C=O) groups is 1. The van der Waals surface area contributed by atoms with E-state index in [0.29, 0.717) is 6.42 Å². The molecule has 0 saturated heterocycles. The van der Waals surface area contributed by atoms with Crippen molar-refractivity contribution in [3.8, 4) is 5.75 Å². The molecule has 18 heavy (non-hydrogen) atoms. The van der Waals surface area contributed by atoms with Gasteiger partial charge in [-0.2, -0.15) is 0 Å². The number of non-ortho nitro benzene ring substituents is 1. The van der Waals surface area contributed by atoms with Gasteiger partial charge in [-0.3, -0.25) is 14.9 Å². The van der Waals surface area contributed by atoms with Gasteiger partial charge in [0.1, 0.15) is 0 Å². The van der Waals surface area contributed by atoms with Crippen LogP contribution in [0.2, 0.25) is 0 Å². The molecule has 0 aromatic heterocycles. The van der Waals surface area contributed by atoms with Crippen molar-refractivity contribution >= 4 is 11.7 Å². The van der Waals surface area contributed by atoms with Crippen LogP contribution in [0.3, 0.4) is 0 Å². The van der Waals surface area contributed by atoms with Crippen LogP contribution >= 0.6 is 0 Å². The van der Waals surface area contributed by atoms with Gasteiger partial charge in [0, 0.05) is 6.07 Å². The molecule has 5 nitrogen and oxygen atoms in total. The Balaban J connectivity index is 2.15. The molecule has 0 amide bonds. The lowest BCUT2D eigenvalue weighted by Crippen LogP contribution is -2.21. The normalized spacial score (nSPS) is 16.1. The van der Waals surface area contributed by atoms with Gasteiger partial charge in [0.05, 0.1) is 16.4 Å². The summed E-state index contributed by atoms with van der Waals surface area (Å²) in [5.41, 5.74) is -0.849. The van der Waals surface area contributed by atoms with Crippen LogP contribution in [0.15, 0.2) is 18.2 Å². The summed E-state index contributed by atoms with van der Waals surface area (Å²) < 4.78 is 18.5. The minimum atomic E-state index is -0.899. The van der Waals surface area contributed by atoms with Gasteiger partial charge in [-0.1, -0.05) is 6.92 Å². The van der Waals surface area contributed by atoms with Gasteiger partial charge in [0.25, 0.3) is 5.69 Å². The number of rotatable bonds is 4. The molecule has 0 atom stereocenters. The van der Waals surface area contributed by atoms with Gasteiger partial charge >= 0.3 is 5.97 Å². The maximum Gasteiger partial charge on any atom is 0.317 e. The summed E-state index contributed by atoms with van der Waals surface area (Å²) >= 11 is 0. The number of hydrogen-bond acceptors (Lipinski definition) is 4. The van der Waals surface area contributed by atoms with Crippen LogP contribution in [-0.4, -0.2) is 10.9 Å². The number of esters is 1. The molecule has 2 rings (SSSR count). The first-order valence-corrected chi connectivity index (χ1v) is 5.65. The van der Waals surface area contributed by atoms with Crippen molar-refractivity contribution in [1.82, 2.24) is 0 Å². The molecule has 0 unspecified atom stereocenters. The number of ether oxygens (including phenoxy) is 1. The SMILES string of the molecule is CCC1(C(=O)Oc2ccc([N+](=O)[O-])cc2F)CC1. The maximum atomic E-state index is 13.5.